The first kappa shape index (κ1) is 22.3. The summed E-state index contributed by atoms with van der Waals surface area (Å²) in [6.07, 6.45) is -4.57. The number of rotatable bonds is 4. The number of halogens is 3. The molecule has 1 amide bonds. The Morgan fingerprint density at radius 3 is 2.36 bits per heavy atom. The normalized spacial score (nSPS) is 11.6. The average molecular weight is 454 g/mol. The van der Waals surface area contributed by atoms with Gasteiger partial charge in [0.25, 0.3) is 5.91 Å². The van der Waals surface area contributed by atoms with E-state index in [1.165, 1.54) is 15.4 Å². The van der Waals surface area contributed by atoms with Crippen LogP contribution in [0.5, 0.6) is 0 Å². The Morgan fingerprint density at radius 1 is 0.970 bits per heavy atom. The highest BCUT2D eigenvalue weighted by Crippen LogP contribution is 2.34. The molecule has 170 valence electrons. The van der Waals surface area contributed by atoms with Crippen LogP contribution in [-0.2, 0) is 6.18 Å². The van der Waals surface area contributed by atoms with Gasteiger partial charge in [0.2, 0.25) is 0 Å². The van der Waals surface area contributed by atoms with Crippen LogP contribution in [-0.4, -0.2) is 30.7 Å². The second-order valence-electron chi connectivity index (χ2n) is 7.80. The van der Waals surface area contributed by atoms with Crippen molar-refractivity contribution in [2.75, 3.05) is 5.32 Å². The minimum atomic E-state index is -4.57. The minimum absolute atomic E-state index is 0.00763. The van der Waals surface area contributed by atoms with Crippen molar-refractivity contribution in [1.82, 2.24) is 24.8 Å². The molecule has 0 aliphatic rings. The van der Waals surface area contributed by atoms with E-state index in [9.17, 15) is 18.0 Å². The zero-order valence-electron chi connectivity index (χ0n) is 18.4. The molecule has 7 nitrogen and oxygen atoms in total. The molecule has 0 bridgehead atoms. The predicted octanol–water partition coefficient (Wildman–Crippen LogP) is 4.96. The van der Waals surface area contributed by atoms with Gasteiger partial charge < -0.3 is 5.32 Å². The lowest BCUT2D eigenvalue weighted by molar-refractivity contribution is -0.137. The summed E-state index contributed by atoms with van der Waals surface area (Å²) < 4.78 is 43.1. The van der Waals surface area contributed by atoms with Gasteiger partial charge in [0.15, 0.2) is 5.69 Å². The Bertz CT molecular complexity index is 1350. The lowest BCUT2D eigenvalue weighted by atomic mass is 10.1. The Labute approximate surface area is 187 Å². The highest BCUT2D eigenvalue weighted by molar-refractivity contribution is 6.04. The molecular weight excluding hydrogens is 433 g/mol. The fourth-order valence-electron chi connectivity index (χ4n) is 3.60. The van der Waals surface area contributed by atoms with Crippen LogP contribution in [0.4, 0.5) is 18.9 Å². The van der Waals surface area contributed by atoms with Gasteiger partial charge in [0.1, 0.15) is 0 Å². The third kappa shape index (κ3) is 4.36. The number of nitrogens with one attached hydrogen (secondary N) is 1. The summed E-state index contributed by atoms with van der Waals surface area (Å²) in [4.78, 5) is 13.0. The van der Waals surface area contributed by atoms with E-state index in [1.807, 2.05) is 31.2 Å². The summed E-state index contributed by atoms with van der Waals surface area (Å²) in [5.41, 5.74) is 2.99. The Kier molecular flexibility index (Phi) is 5.52. The third-order valence-corrected chi connectivity index (χ3v) is 5.17. The molecule has 0 atom stereocenters. The van der Waals surface area contributed by atoms with Crippen molar-refractivity contribution < 1.29 is 18.0 Å². The van der Waals surface area contributed by atoms with Gasteiger partial charge >= 0.3 is 6.18 Å². The van der Waals surface area contributed by atoms with E-state index in [4.69, 9.17) is 0 Å². The van der Waals surface area contributed by atoms with Gasteiger partial charge in [-0.2, -0.15) is 18.3 Å². The molecule has 10 heteroatoms. The molecule has 2 aromatic carbocycles. The summed E-state index contributed by atoms with van der Waals surface area (Å²) in [5, 5.41) is 14.9. The number of alkyl halides is 3. The predicted molar refractivity (Wildman–Crippen MR) is 117 cm³/mol. The molecule has 4 aromatic rings. The Morgan fingerprint density at radius 2 is 1.73 bits per heavy atom. The second-order valence-corrected chi connectivity index (χ2v) is 7.80. The maximum absolute atomic E-state index is 13.4. The fourth-order valence-corrected chi connectivity index (χ4v) is 3.60. The number of aromatic nitrogens is 5. The molecule has 0 aliphatic carbocycles. The molecule has 0 fully saturated rings. The first-order valence-corrected chi connectivity index (χ1v) is 10.1. The van der Waals surface area contributed by atoms with Crippen molar-refractivity contribution in [3.8, 4) is 11.4 Å². The van der Waals surface area contributed by atoms with Crippen LogP contribution in [0.2, 0.25) is 0 Å². The SMILES string of the molecule is Cc1cccc(-n2nnc(C(=O)Nc3cc(C(F)(F)F)ccc3-n3nc(C)cc3C)c2C)c1. The molecule has 2 aromatic heterocycles. The molecule has 33 heavy (non-hydrogen) atoms. The number of nitrogens with zero attached hydrogens (tertiary/aromatic N) is 5. The molecule has 0 unspecified atom stereocenters. The number of aryl methyl sites for hydroxylation is 3. The van der Waals surface area contributed by atoms with E-state index in [0.717, 1.165) is 23.4 Å². The smallest absolute Gasteiger partial charge is 0.319 e. The summed E-state index contributed by atoms with van der Waals surface area (Å²) in [5.74, 6) is -0.673. The number of carbonyl (C=O) groups is 1. The largest absolute Gasteiger partial charge is 0.416 e. The van der Waals surface area contributed by atoms with E-state index in [0.29, 0.717) is 22.8 Å². The second kappa shape index (κ2) is 8.19. The van der Waals surface area contributed by atoms with Gasteiger partial charge in [-0.3, -0.25) is 4.79 Å². The Balaban J connectivity index is 1.74. The summed E-state index contributed by atoms with van der Waals surface area (Å²) in [6, 6.07) is 12.4. The lowest BCUT2D eigenvalue weighted by Crippen LogP contribution is -2.17. The molecule has 0 radical (unpaired) electrons. The monoisotopic (exact) mass is 454 g/mol. The van der Waals surface area contributed by atoms with Crippen molar-refractivity contribution in [1.29, 1.82) is 0 Å². The molecule has 4 rings (SSSR count). The molecule has 0 aliphatic heterocycles. The summed E-state index contributed by atoms with van der Waals surface area (Å²) >= 11 is 0. The molecule has 2 heterocycles. The maximum Gasteiger partial charge on any atom is 0.416 e. The van der Waals surface area contributed by atoms with E-state index in [2.05, 4.69) is 20.7 Å². The van der Waals surface area contributed by atoms with E-state index >= 15 is 0 Å². The highest BCUT2D eigenvalue weighted by atomic mass is 19.4. The fraction of sp³-hybridized carbons (Fsp3) is 0.217. The van der Waals surface area contributed by atoms with E-state index in [1.54, 1.807) is 26.8 Å². The standard InChI is InChI=1S/C23H21F3N6O/c1-13-6-5-7-18(10-13)32-16(4)21(28-30-32)22(33)27-19-12-17(23(24,25)26)8-9-20(19)31-15(3)11-14(2)29-31/h5-12H,1-4H3,(H,27,33). The molecular formula is C23H21F3N6O. The van der Waals surface area contributed by atoms with Crippen LogP contribution < -0.4 is 5.32 Å². The average Bonchev–Trinajstić information content (AvgIpc) is 3.28. The zero-order valence-corrected chi connectivity index (χ0v) is 18.4. The van der Waals surface area contributed by atoms with Crippen LogP contribution in [0.15, 0.2) is 48.5 Å². The minimum Gasteiger partial charge on any atom is -0.319 e. The number of anilines is 1. The molecule has 0 saturated heterocycles. The van der Waals surface area contributed by atoms with Crippen LogP contribution in [0.3, 0.4) is 0 Å². The maximum atomic E-state index is 13.4. The highest BCUT2D eigenvalue weighted by Gasteiger charge is 2.32. The number of amides is 1. The summed E-state index contributed by atoms with van der Waals surface area (Å²) in [6.45, 7) is 7.16. The van der Waals surface area contributed by atoms with Crippen molar-refractivity contribution in [2.45, 2.75) is 33.9 Å². The van der Waals surface area contributed by atoms with Gasteiger partial charge in [-0.05, 0) is 69.7 Å². The summed E-state index contributed by atoms with van der Waals surface area (Å²) in [7, 11) is 0. The molecule has 1 N–H and O–H groups in total. The number of benzene rings is 2. The number of carbonyl (C=O) groups excluding carboxylic acids is 1. The first-order valence-electron chi connectivity index (χ1n) is 10.1. The van der Waals surface area contributed by atoms with Crippen molar-refractivity contribution in [3.05, 3.63) is 82.4 Å². The topological polar surface area (TPSA) is 77.6 Å². The van der Waals surface area contributed by atoms with Crippen molar-refractivity contribution >= 4 is 11.6 Å². The third-order valence-electron chi connectivity index (χ3n) is 5.17. The Hall–Kier alpha value is -3.95. The van der Waals surface area contributed by atoms with Gasteiger partial charge in [0, 0.05) is 5.69 Å². The van der Waals surface area contributed by atoms with Crippen LogP contribution in [0.25, 0.3) is 11.4 Å². The van der Waals surface area contributed by atoms with Gasteiger partial charge in [-0.25, -0.2) is 9.36 Å². The number of hydrogen-bond acceptors (Lipinski definition) is 4. The number of hydrogen-bond donors (Lipinski definition) is 1. The van der Waals surface area contributed by atoms with Crippen molar-refractivity contribution in [2.24, 2.45) is 0 Å². The van der Waals surface area contributed by atoms with Gasteiger partial charge in [-0.15, -0.1) is 5.10 Å². The van der Waals surface area contributed by atoms with Crippen LogP contribution in [0.1, 0.15) is 38.7 Å². The van der Waals surface area contributed by atoms with Gasteiger partial charge in [-0.1, -0.05) is 17.3 Å². The molecule has 0 spiro atoms. The molecule has 0 saturated carbocycles. The van der Waals surface area contributed by atoms with E-state index in [-0.39, 0.29) is 11.4 Å². The van der Waals surface area contributed by atoms with Crippen LogP contribution >= 0.6 is 0 Å². The van der Waals surface area contributed by atoms with Gasteiger partial charge in [0.05, 0.1) is 34.0 Å². The lowest BCUT2D eigenvalue weighted by Gasteiger charge is -2.15. The first-order chi connectivity index (χ1) is 15.5. The van der Waals surface area contributed by atoms with Crippen LogP contribution in [0, 0.1) is 27.7 Å². The quantitative estimate of drug-likeness (QED) is 0.473. The van der Waals surface area contributed by atoms with E-state index < -0.39 is 17.6 Å². The zero-order chi connectivity index (χ0) is 23.9. The van der Waals surface area contributed by atoms with Crippen molar-refractivity contribution in [3.63, 3.8) is 0 Å².